The highest BCUT2D eigenvalue weighted by Crippen LogP contribution is 2.46. The topological polar surface area (TPSA) is 25.4 Å². The van der Waals surface area contributed by atoms with Gasteiger partial charge in [-0.1, -0.05) is 18.2 Å². The van der Waals surface area contributed by atoms with E-state index in [2.05, 4.69) is 9.88 Å². The Hall–Kier alpha value is -1.43. The summed E-state index contributed by atoms with van der Waals surface area (Å²) in [7, 11) is 0. The number of aromatic nitrogens is 1. The van der Waals surface area contributed by atoms with E-state index in [-0.39, 0.29) is 5.82 Å². The molecule has 2 aliphatic heterocycles. The SMILES string of the molecule is Fc1cccc(CN2CC3(C[C@@H](OCc4ccccn4)CS3)C2)c1. The summed E-state index contributed by atoms with van der Waals surface area (Å²) in [4.78, 5) is 6.70. The molecule has 0 radical (unpaired) electrons. The standard InChI is InChI=1S/C19H21FN2OS/c20-16-5-3-4-15(8-16)10-22-13-19(14-22)9-18(12-24-19)23-11-17-6-1-2-7-21-17/h1-8,18H,9-14H2/t18-/m1/s1. The Labute approximate surface area is 146 Å². The minimum atomic E-state index is -0.152. The largest absolute Gasteiger partial charge is 0.371 e. The Morgan fingerprint density at radius 1 is 1.25 bits per heavy atom. The van der Waals surface area contributed by atoms with Gasteiger partial charge in [0.25, 0.3) is 0 Å². The second-order valence-electron chi connectivity index (χ2n) is 6.73. The van der Waals surface area contributed by atoms with Crippen molar-refractivity contribution < 1.29 is 9.13 Å². The second kappa shape index (κ2) is 6.82. The number of hydrogen-bond donors (Lipinski definition) is 0. The van der Waals surface area contributed by atoms with E-state index in [1.807, 2.05) is 36.0 Å². The predicted molar refractivity (Wildman–Crippen MR) is 94.3 cm³/mol. The van der Waals surface area contributed by atoms with Crippen LogP contribution in [-0.4, -0.2) is 39.6 Å². The lowest BCUT2D eigenvalue weighted by molar-refractivity contribution is 0.0251. The average molecular weight is 344 g/mol. The van der Waals surface area contributed by atoms with Crippen LogP contribution in [0.1, 0.15) is 17.7 Å². The molecular formula is C19H21FN2OS. The molecule has 24 heavy (non-hydrogen) atoms. The summed E-state index contributed by atoms with van der Waals surface area (Å²) in [5.74, 6) is 0.904. The van der Waals surface area contributed by atoms with Gasteiger partial charge in [-0.05, 0) is 36.2 Å². The first-order valence-corrected chi connectivity index (χ1v) is 9.32. The van der Waals surface area contributed by atoms with E-state index in [0.717, 1.165) is 43.1 Å². The van der Waals surface area contributed by atoms with Crippen LogP contribution in [0.4, 0.5) is 4.39 Å². The van der Waals surface area contributed by atoms with Crippen LogP contribution in [0.25, 0.3) is 0 Å². The lowest BCUT2D eigenvalue weighted by Crippen LogP contribution is -2.58. The summed E-state index contributed by atoms with van der Waals surface area (Å²) < 4.78 is 19.6. The van der Waals surface area contributed by atoms with Crippen LogP contribution in [-0.2, 0) is 17.9 Å². The maximum atomic E-state index is 13.3. The van der Waals surface area contributed by atoms with Crippen molar-refractivity contribution in [3.05, 3.63) is 65.7 Å². The number of thioether (sulfide) groups is 1. The molecule has 0 aliphatic carbocycles. The van der Waals surface area contributed by atoms with E-state index in [0.29, 0.717) is 17.5 Å². The van der Waals surface area contributed by atoms with Gasteiger partial charge >= 0.3 is 0 Å². The quantitative estimate of drug-likeness (QED) is 0.829. The van der Waals surface area contributed by atoms with E-state index >= 15 is 0 Å². The third-order valence-electron chi connectivity index (χ3n) is 4.69. The van der Waals surface area contributed by atoms with Crippen molar-refractivity contribution in [2.45, 2.75) is 30.4 Å². The third kappa shape index (κ3) is 3.63. The van der Waals surface area contributed by atoms with Gasteiger partial charge in [-0.3, -0.25) is 9.88 Å². The average Bonchev–Trinajstić information content (AvgIpc) is 2.98. The first-order valence-electron chi connectivity index (χ1n) is 8.33. The molecule has 2 aliphatic rings. The van der Waals surface area contributed by atoms with Gasteiger partial charge < -0.3 is 4.74 Å². The molecule has 0 bridgehead atoms. The predicted octanol–water partition coefficient (Wildman–Crippen LogP) is 3.50. The van der Waals surface area contributed by atoms with Crippen LogP contribution in [0.15, 0.2) is 48.7 Å². The van der Waals surface area contributed by atoms with Crippen LogP contribution in [0.5, 0.6) is 0 Å². The zero-order chi connectivity index (χ0) is 16.4. The number of nitrogens with zero attached hydrogens (tertiary/aromatic N) is 2. The highest BCUT2D eigenvalue weighted by molar-refractivity contribution is 8.01. The minimum absolute atomic E-state index is 0.152. The Balaban J connectivity index is 1.24. The number of hydrogen-bond acceptors (Lipinski definition) is 4. The highest BCUT2D eigenvalue weighted by Gasteiger charge is 2.49. The molecule has 1 atom stereocenters. The van der Waals surface area contributed by atoms with Crippen LogP contribution in [0.3, 0.4) is 0 Å². The van der Waals surface area contributed by atoms with Crippen molar-refractivity contribution >= 4 is 11.8 Å². The smallest absolute Gasteiger partial charge is 0.123 e. The van der Waals surface area contributed by atoms with Crippen LogP contribution in [0.2, 0.25) is 0 Å². The van der Waals surface area contributed by atoms with Gasteiger partial charge in [0.2, 0.25) is 0 Å². The molecule has 0 N–H and O–H groups in total. The number of ether oxygens (including phenoxy) is 1. The van der Waals surface area contributed by atoms with Gasteiger partial charge in [0.15, 0.2) is 0 Å². The van der Waals surface area contributed by atoms with Crippen LogP contribution in [0, 0.1) is 5.82 Å². The van der Waals surface area contributed by atoms with E-state index in [9.17, 15) is 4.39 Å². The number of rotatable bonds is 5. The van der Waals surface area contributed by atoms with E-state index in [4.69, 9.17) is 4.74 Å². The van der Waals surface area contributed by atoms with Gasteiger partial charge in [0, 0.05) is 36.3 Å². The van der Waals surface area contributed by atoms with Gasteiger partial charge in [0.1, 0.15) is 5.82 Å². The van der Waals surface area contributed by atoms with Crippen LogP contribution < -0.4 is 0 Å². The molecule has 126 valence electrons. The van der Waals surface area contributed by atoms with Crippen LogP contribution >= 0.6 is 11.8 Å². The Bertz CT molecular complexity index is 691. The van der Waals surface area contributed by atoms with Gasteiger partial charge in [-0.15, -0.1) is 11.8 Å². The highest BCUT2D eigenvalue weighted by atomic mass is 32.2. The molecule has 3 heterocycles. The molecule has 2 aromatic rings. The lowest BCUT2D eigenvalue weighted by atomic mass is 9.92. The first kappa shape index (κ1) is 16.1. The van der Waals surface area contributed by atoms with Crippen molar-refractivity contribution in [2.75, 3.05) is 18.8 Å². The van der Waals surface area contributed by atoms with Crippen molar-refractivity contribution in [2.24, 2.45) is 0 Å². The summed E-state index contributed by atoms with van der Waals surface area (Å²) >= 11 is 2.03. The minimum Gasteiger partial charge on any atom is -0.371 e. The van der Waals surface area contributed by atoms with Gasteiger partial charge in [0.05, 0.1) is 18.4 Å². The molecule has 0 amide bonds. The molecular weight excluding hydrogens is 323 g/mol. The van der Waals surface area contributed by atoms with E-state index in [1.54, 1.807) is 18.3 Å². The molecule has 3 nitrogen and oxygen atoms in total. The molecule has 5 heteroatoms. The Morgan fingerprint density at radius 3 is 2.96 bits per heavy atom. The van der Waals surface area contributed by atoms with Crippen molar-refractivity contribution in [3.8, 4) is 0 Å². The molecule has 4 rings (SSSR count). The molecule has 0 unspecified atom stereocenters. The molecule has 1 aromatic heterocycles. The normalized spacial score (nSPS) is 22.6. The summed E-state index contributed by atoms with van der Waals surface area (Å²) in [5.41, 5.74) is 2.04. The van der Waals surface area contributed by atoms with Crippen molar-refractivity contribution in [1.82, 2.24) is 9.88 Å². The van der Waals surface area contributed by atoms with Crippen molar-refractivity contribution in [1.29, 1.82) is 0 Å². The monoisotopic (exact) mass is 344 g/mol. The van der Waals surface area contributed by atoms with Gasteiger partial charge in [-0.25, -0.2) is 4.39 Å². The fraction of sp³-hybridized carbons (Fsp3) is 0.421. The number of likely N-dealkylation sites (tertiary alicyclic amines) is 1. The molecule has 0 saturated carbocycles. The number of halogens is 1. The lowest BCUT2D eigenvalue weighted by Gasteiger charge is -2.47. The van der Waals surface area contributed by atoms with Crippen molar-refractivity contribution in [3.63, 3.8) is 0 Å². The summed E-state index contributed by atoms with van der Waals surface area (Å²) in [6, 6.07) is 12.8. The summed E-state index contributed by atoms with van der Waals surface area (Å²) in [6.07, 6.45) is 3.22. The zero-order valence-electron chi connectivity index (χ0n) is 13.5. The Morgan fingerprint density at radius 2 is 2.17 bits per heavy atom. The molecule has 2 fully saturated rings. The molecule has 1 spiro atoms. The molecule has 2 saturated heterocycles. The van der Waals surface area contributed by atoms with E-state index < -0.39 is 0 Å². The number of pyridine rings is 1. The zero-order valence-corrected chi connectivity index (χ0v) is 14.3. The van der Waals surface area contributed by atoms with Gasteiger partial charge in [-0.2, -0.15) is 0 Å². The van der Waals surface area contributed by atoms with E-state index in [1.165, 1.54) is 6.07 Å². The summed E-state index contributed by atoms with van der Waals surface area (Å²) in [5, 5.41) is 0. The summed E-state index contributed by atoms with van der Waals surface area (Å²) in [6.45, 7) is 3.56. The third-order valence-corrected chi connectivity index (χ3v) is 6.26. The Kier molecular flexibility index (Phi) is 4.57. The maximum Gasteiger partial charge on any atom is 0.123 e. The maximum absolute atomic E-state index is 13.3. The fourth-order valence-corrected chi connectivity index (χ4v) is 5.20. The fourth-order valence-electron chi connectivity index (χ4n) is 3.59. The molecule has 1 aromatic carbocycles. The first-order chi connectivity index (χ1) is 11.7. The second-order valence-corrected chi connectivity index (χ2v) is 8.22. The number of benzene rings is 1.